The zero-order valence-corrected chi connectivity index (χ0v) is 10.3. The van der Waals surface area contributed by atoms with Crippen molar-refractivity contribution in [2.45, 2.75) is 12.0 Å². The number of fused-ring (bicyclic) bond motifs is 1. The van der Waals surface area contributed by atoms with Crippen LogP contribution in [0.2, 0.25) is 0 Å². The fourth-order valence-electron chi connectivity index (χ4n) is 2.00. The lowest BCUT2D eigenvalue weighted by atomic mass is 9.99. The van der Waals surface area contributed by atoms with Gasteiger partial charge >= 0.3 is 12.0 Å². The van der Waals surface area contributed by atoms with E-state index in [1.165, 1.54) is 6.07 Å². The Morgan fingerprint density at radius 1 is 1.26 bits per heavy atom. The van der Waals surface area contributed by atoms with Gasteiger partial charge < -0.3 is 19.5 Å². The summed E-state index contributed by atoms with van der Waals surface area (Å²) in [6.07, 6.45) is -0.873. The lowest BCUT2D eigenvalue weighted by Crippen LogP contribution is -2.49. The van der Waals surface area contributed by atoms with Gasteiger partial charge in [-0.3, -0.25) is 0 Å². The number of alkyl halides is 2. The van der Waals surface area contributed by atoms with Crippen molar-refractivity contribution < 1.29 is 27.8 Å². The number of hydrogen-bond donors (Lipinski definition) is 1. The highest BCUT2D eigenvalue weighted by atomic mass is 35.5. The SMILES string of the molecule is Cl.O=C1N[C@H](c2cccc3c2OCO3)C(F)(F)CO1. The molecule has 1 aromatic carbocycles. The Balaban J connectivity index is 0.00000133. The van der Waals surface area contributed by atoms with E-state index in [4.69, 9.17) is 9.47 Å². The molecule has 8 heteroatoms. The first-order valence-electron chi connectivity index (χ1n) is 5.27. The summed E-state index contributed by atoms with van der Waals surface area (Å²) in [5, 5.41) is 2.11. The molecule has 2 heterocycles. The van der Waals surface area contributed by atoms with E-state index in [1.54, 1.807) is 12.1 Å². The van der Waals surface area contributed by atoms with Crippen LogP contribution >= 0.6 is 12.4 Å². The summed E-state index contributed by atoms with van der Waals surface area (Å²) in [7, 11) is 0. The van der Waals surface area contributed by atoms with Crippen molar-refractivity contribution in [1.29, 1.82) is 0 Å². The molecule has 0 spiro atoms. The second kappa shape index (κ2) is 4.73. The molecule has 104 valence electrons. The largest absolute Gasteiger partial charge is 0.454 e. The molecular weight excluding hydrogens is 284 g/mol. The minimum atomic E-state index is -3.20. The quantitative estimate of drug-likeness (QED) is 0.863. The standard InChI is InChI=1S/C11H9F2NO4.ClH/c12-11(13)4-16-10(15)14-9(11)6-2-1-3-7-8(6)18-5-17-7;/h1-3,9H,4-5H2,(H,14,15);1H/t9-;/m1./s1. The van der Waals surface area contributed by atoms with Gasteiger partial charge in [0.15, 0.2) is 18.1 Å². The highest BCUT2D eigenvalue weighted by Gasteiger charge is 2.48. The normalized spacial score (nSPS) is 23.1. The van der Waals surface area contributed by atoms with Gasteiger partial charge in [0.2, 0.25) is 6.79 Å². The Morgan fingerprint density at radius 2 is 2.05 bits per heavy atom. The average Bonchev–Trinajstić information content (AvgIpc) is 2.80. The molecule has 3 rings (SSSR count). The summed E-state index contributed by atoms with van der Waals surface area (Å²) in [5.41, 5.74) is 0.187. The summed E-state index contributed by atoms with van der Waals surface area (Å²) >= 11 is 0. The first kappa shape index (κ1) is 13.7. The zero-order chi connectivity index (χ0) is 12.8. The maximum Gasteiger partial charge on any atom is 0.408 e. The van der Waals surface area contributed by atoms with E-state index in [0.29, 0.717) is 5.75 Å². The Labute approximate surface area is 113 Å². The van der Waals surface area contributed by atoms with E-state index < -0.39 is 24.7 Å². The number of hydrogen-bond acceptors (Lipinski definition) is 4. The first-order valence-corrected chi connectivity index (χ1v) is 5.27. The van der Waals surface area contributed by atoms with Crippen LogP contribution in [0.15, 0.2) is 18.2 Å². The van der Waals surface area contributed by atoms with E-state index in [2.05, 4.69) is 10.1 Å². The zero-order valence-electron chi connectivity index (χ0n) is 9.52. The fraction of sp³-hybridized carbons (Fsp3) is 0.364. The minimum Gasteiger partial charge on any atom is -0.454 e. The third-order valence-electron chi connectivity index (χ3n) is 2.82. The Hall–Kier alpha value is -1.76. The minimum absolute atomic E-state index is 0. The van der Waals surface area contributed by atoms with Gasteiger partial charge in [0.1, 0.15) is 6.04 Å². The number of nitrogens with one attached hydrogen (secondary N) is 1. The predicted molar refractivity (Wildman–Crippen MR) is 62.0 cm³/mol. The molecule has 2 aliphatic rings. The van der Waals surface area contributed by atoms with Crippen molar-refractivity contribution in [3.8, 4) is 11.5 Å². The van der Waals surface area contributed by atoms with Crippen LogP contribution in [0.3, 0.4) is 0 Å². The van der Waals surface area contributed by atoms with Crippen LogP contribution in [-0.2, 0) is 4.74 Å². The van der Waals surface area contributed by atoms with Gasteiger partial charge in [-0.2, -0.15) is 0 Å². The molecule has 2 aliphatic heterocycles. The van der Waals surface area contributed by atoms with Crippen molar-refractivity contribution in [2.24, 2.45) is 0 Å². The second-order valence-corrected chi connectivity index (χ2v) is 4.00. The molecule has 1 saturated heterocycles. The molecule has 0 saturated carbocycles. The summed E-state index contributed by atoms with van der Waals surface area (Å²) in [5.74, 6) is -2.57. The number of carbonyl (C=O) groups is 1. The van der Waals surface area contributed by atoms with Crippen molar-refractivity contribution in [1.82, 2.24) is 5.32 Å². The monoisotopic (exact) mass is 293 g/mol. The number of cyclic esters (lactones) is 1. The summed E-state index contributed by atoms with van der Waals surface area (Å²) < 4.78 is 42.1. The highest BCUT2D eigenvalue weighted by molar-refractivity contribution is 5.85. The van der Waals surface area contributed by atoms with Crippen molar-refractivity contribution in [3.05, 3.63) is 23.8 Å². The van der Waals surface area contributed by atoms with E-state index >= 15 is 0 Å². The molecule has 0 radical (unpaired) electrons. The molecule has 5 nitrogen and oxygen atoms in total. The molecule has 0 unspecified atom stereocenters. The lowest BCUT2D eigenvalue weighted by molar-refractivity contribution is -0.104. The number of benzene rings is 1. The van der Waals surface area contributed by atoms with Crippen LogP contribution in [-0.4, -0.2) is 25.4 Å². The number of alkyl carbamates (subject to hydrolysis) is 1. The van der Waals surface area contributed by atoms with E-state index in [9.17, 15) is 13.6 Å². The molecule has 19 heavy (non-hydrogen) atoms. The van der Waals surface area contributed by atoms with Gasteiger partial charge in [0.25, 0.3) is 0 Å². The van der Waals surface area contributed by atoms with E-state index in [-0.39, 0.29) is 30.5 Å². The van der Waals surface area contributed by atoms with Crippen LogP contribution in [0.4, 0.5) is 13.6 Å². The van der Waals surface area contributed by atoms with E-state index in [1.807, 2.05) is 0 Å². The summed E-state index contributed by atoms with van der Waals surface area (Å²) in [4.78, 5) is 11.1. The number of carbonyl (C=O) groups excluding carboxylic acids is 1. The number of halogens is 3. The number of rotatable bonds is 1. The Morgan fingerprint density at radius 3 is 2.84 bits per heavy atom. The predicted octanol–water partition coefficient (Wildman–Crippen LogP) is 2.25. The van der Waals surface area contributed by atoms with Crippen molar-refractivity contribution >= 4 is 18.5 Å². The van der Waals surface area contributed by atoms with Crippen LogP contribution in [0.5, 0.6) is 11.5 Å². The number of para-hydroxylation sites is 1. The molecule has 1 atom stereocenters. The molecule has 0 aliphatic carbocycles. The van der Waals surface area contributed by atoms with Gasteiger partial charge in [-0.05, 0) is 6.07 Å². The smallest absolute Gasteiger partial charge is 0.408 e. The maximum absolute atomic E-state index is 13.8. The molecule has 1 fully saturated rings. The maximum atomic E-state index is 13.8. The van der Waals surface area contributed by atoms with Gasteiger partial charge in [-0.1, -0.05) is 12.1 Å². The lowest BCUT2D eigenvalue weighted by Gasteiger charge is -2.32. The van der Waals surface area contributed by atoms with E-state index in [0.717, 1.165) is 0 Å². The topological polar surface area (TPSA) is 56.8 Å². The third-order valence-corrected chi connectivity index (χ3v) is 2.82. The summed E-state index contributed by atoms with van der Waals surface area (Å²) in [6, 6.07) is 3.18. The Bertz CT molecular complexity index is 511. The molecule has 1 amide bonds. The van der Waals surface area contributed by atoms with Gasteiger partial charge in [0, 0.05) is 5.56 Å². The molecule has 1 N–H and O–H groups in total. The molecule has 0 aromatic heterocycles. The van der Waals surface area contributed by atoms with Crippen molar-refractivity contribution in [3.63, 3.8) is 0 Å². The summed E-state index contributed by atoms with van der Waals surface area (Å²) in [6.45, 7) is -0.969. The number of amides is 1. The van der Waals surface area contributed by atoms with Gasteiger partial charge in [-0.15, -0.1) is 12.4 Å². The second-order valence-electron chi connectivity index (χ2n) is 4.00. The first-order chi connectivity index (χ1) is 8.58. The fourth-order valence-corrected chi connectivity index (χ4v) is 2.00. The average molecular weight is 294 g/mol. The van der Waals surface area contributed by atoms with Gasteiger partial charge in [0.05, 0.1) is 0 Å². The van der Waals surface area contributed by atoms with Crippen LogP contribution in [0, 0.1) is 0 Å². The molecule has 0 bridgehead atoms. The van der Waals surface area contributed by atoms with Crippen molar-refractivity contribution in [2.75, 3.05) is 13.4 Å². The van der Waals surface area contributed by atoms with Crippen LogP contribution in [0.25, 0.3) is 0 Å². The Kier molecular flexibility index (Phi) is 3.40. The number of ether oxygens (including phenoxy) is 3. The van der Waals surface area contributed by atoms with Crippen LogP contribution < -0.4 is 14.8 Å². The molecule has 1 aromatic rings. The highest BCUT2D eigenvalue weighted by Crippen LogP contribution is 2.44. The van der Waals surface area contributed by atoms with Crippen LogP contribution in [0.1, 0.15) is 11.6 Å². The van der Waals surface area contributed by atoms with Gasteiger partial charge in [-0.25, -0.2) is 13.6 Å². The third kappa shape index (κ3) is 2.25. The molecular formula is C11H10ClF2NO4.